The van der Waals surface area contributed by atoms with Crippen molar-refractivity contribution in [3.63, 3.8) is 0 Å². The van der Waals surface area contributed by atoms with E-state index in [2.05, 4.69) is 10.3 Å². The Morgan fingerprint density at radius 1 is 0.946 bits per heavy atom. The fraction of sp³-hybridized carbons (Fsp3) is 0.308. The molecule has 0 saturated carbocycles. The molecule has 37 heavy (non-hydrogen) atoms. The van der Waals surface area contributed by atoms with Crippen molar-refractivity contribution in [3.8, 4) is 0 Å². The number of carbonyl (C=O) groups is 5. The van der Waals surface area contributed by atoms with Gasteiger partial charge in [0.1, 0.15) is 5.82 Å². The van der Waals surface area contributed by atoms with E-state index in [-0.39, 0.29) is 17.7 Å². The van der Waals surface area contributed by atoms with E-state index in [1.54, 1.807) is 23.7 Å². The number of aryl methyl sites for hydroxylation is 1. The van der Waals surface area contributed by atoms with Crippen LogP contribution in [0.25, 0.3) is 23.2 Å². The highest BCUT2D eigenvalue weighted by atomic mass is 16.4. The summed E-state index contributed by atoms with van der Waals surface area (Å²) in [5, 5.41) is 20.8. The third-order valence-electron chi connectivity index (χ3n) is 5.84. The average Bonchev–Trinajstić information content (AvgIpc) is 3.35. The van der Waals surface area contributed by atoms with Crippen LogP contribution < -0.4 is 5.32 Å². The third kappa shape index (κ3) is 7.23. The lowest BCUT2D eigenvalue weighted by molar-refractivity contribution is -0.137. The fourth-order valence-corrected chi connectivity index (χ4v) is 4.01. The second kappa shape index (κ2) is 12.4. The monoisotopic (exact) mass is 508 g/mol. The Hall–Kier alpha value is -4.54. The summed E-state index contributed by atoms with van der Waals surface area (Å²) < 4.78 is 1.80. The molecule has 0 fully saturated rings. The van der Waals surface area contributed by atoms with Crippen LogP contribution in [-0.4, -0.2) is 67.4 Å². The van der Waals surface area contributed by atoms with Crippen LogP contribution in [0.5, 0.6) is 0 Å². The van der Waals surface area contributed by atoms with Gasteiger partial charge >= 0.3 is 11.9 Å². The van der Waals surface area contributed by atoms with Gasteiger partial charge in [-0.25, -0.2) is 14.6 Å². The maximum atomic E-state index is 12.2. The Kier molecular flexibility index (Phi) is 9.09. The van der Waals surface area contributed by atoms with Crippen LogP contribution in [0.4, 0.5) is 0 Å². The summed E-state index contributed by atoms with van der Waals surface area (Å²) in [4.78, 5) is 63.0. The predicted molar refractivity (Wildman–Crippen MR) is 135 cm³/mol. The second-order valence-electron chi connectivity index (χ2n) is 8.44. The summed E-state index contributed by atoms with van der Waals surface area (Å²) >= 11 is 0. The number of nitrogens with zero attached hydrogens (tertiary/aromatic N) is 3. The highest BCUT2D eigenvalue weighted by molar-refractivity contribution is 6.12. The van der Waals surface area contributed by atoms with Gasteiger partial charge in [0.05, 0.1) is 11.0 Å². The standard InChI is InChI=1S/C26H28N4O7/c1-29-19(14-15-27-20(31)5-3-2-4-16-30-21(32)10-11-22(30)33)28-25-17(8-12-23(34)35)6-7-18(26(25)29)9-13-24(36)37/h6-13H,2-5,14-16H2,1H3,(H,27,31)(H,34,35)(H,36,37). The zero-order chi connectivity index (χ0) is 26.9. The lowest BCUT2D eigenvalue weighted by Gasteiger charge is -2.13. The van der Waals surface area contributed by atoms with Crippen molar-refractivity contribution in [2.24, 2.45) is 7.05 Å². The molecule has 1 aromatic carbocycles. The number of fused-ring (bicyclic) bond motifs is 1. The van der Waals surface area contributed by atoms with Gasteiger partial charge in [-0.2, -0.15) is 0 Å². The first-order valence-electron chi connectivity index (χ1n) is 11.8. The number of carboxylic acids is 2. The van der Waals surface area contributed by atoms with Crippen LogP contribution in [0.3, 0.4) is 0 Å². The molecule has 0 saturated heterocycles. The summed E-state index contributed by atoms with van der Waals surface area (Å²) in [6, 6.07) is 3.37. The minimum absolute atomic E-state index is 0.121. The molecule has 3 rings (SSSR count). The molecule has 194 valence electrons. The molecule has 2 aromatic rings. The summed E-state index contributed by atoms with van der Waals surface area (Å²) in [5.41, 5.74) is 2.36. The molecule has 11 heteroatoms. The van der Waals surface area contributed by atoms with E-state index >= 15 is 0 Å². The Balaban J connectivity index is 1.57. The molecule has 3 N–H and O–H groups in total. The number of carboxylic acid groups (broad SMARTS) is 2. The van der Waals surface area contributed by atoms with Crippen LogP contribution in [0.15, 0.2) is 36.4 Å². The number of rotatable bonds is 13. The van der Waals surface area contributed by atoms with E-state index in [1.165, 1.54) is 29.2 Å². The second-order valence-corrected chi connectivity index (χ2v) is 8.44. The van der Waals surface area contributed by atoms with Gasteiger partial charge in [-0.3, -0.25) is 19.3 Å². The number of unbranched alkanes of at least 4 members (excludes halogenated alkanes) is 2. The van der Waals surface area contributed by atoms with Gasteiger partial charge in [-0.15, -0.1) is 0 Å². The number of aliphatic carboxylic acids is 2. The quantitative estimate of drug-likeness (QED) is 0.210. The molecule has 2 heterocycles. The minimum Gasteiger partial charge on any atom is -0.478 e. The predicted octanol–water partition coefficient (Wildman–Crippen LogP) is 1.91. The summed E-state index contributed by atoms with van der Waals surface area (Å²) in [6.07, 6.45) is 10.1. The smallest absolute Gasteiger partial charge is 0.328 e. The van der Waals surface area contributed by atoms with E-state index in [1.807, 2.05) is 0 Å². The number of carbonyl (C=O) groups excluding carboxylic acids is 3. The molecule has 1 aromatic heterocycles. The first kappa shape index (κ1) is 27.1. The third-order valence-corrected chi connectivity index (χ3v) is 5.84. The fourth-order valence-electron chi connectivity index (χ4n) is 4.01. The van der Waals surface area contributed by atoms with Crippen molar-refractivity contribution in [2.45, 2.75) is 32.1 Å². The lowest BCUT2D eigenvalue weighted by Crippen LogP contribution is -2.30. The van der Waals surface area contributed by atoms with Crippen molar-refractivity contribution in [1.29, 1.82) is 0 Å². The van der Waals surface area contributed by atoms with Crippen molar-refractivity contribution in [1.82, 2.24) is 19.8 Å². The van der Waals surface area contributed by atoms with Crippen LogP contribution in [0.1, 0.15) is 42.6 Å². The first-order valence-corrected chi connectivity index (χ1v) is 11.8. The van der Waals surface area contributed by atoms with E-state index < -0.39 is 11.9 Å². The van der Waals surface area contributed by atoms with Gasteiger partial charge in [0.25, 0.3) is 11.8 Å². The molecule has 0 radical (unpaired) electrons. The Labute approximate surface area is 212 Å². The molecule has 0 spiro atoms. The Morgan fingerprint density at radius 3 is 2.22 bits per heavy atom. The van der Waals surface area contributed by atoms with E-state index in [0.29, 0.717) is 73.2 Å². The number of imide groups is 1. The van der Waals surface area contributed by atoms with Crippen molar-refractivity contribution in [2.75, 3.05) is 13.1 Å². The number of amides is 3. The van der Waals surface area contributed by atoms with E-state index in [9.17, 15) is 24.0 Å². The SMILES string of the molecule is Cn1c(CCNC(=O)CCCCCN2C(=O)C=CC2=O)nc2c(C=CC(=O)O)ccc(C=CC(=O)O)c21. The lowest BCUT2D eigenvalue weighted by atomic mass is 10.1. The molecule has 0 unspecified atom stereocenters. The van der Waals surface area contributed by atoms with E-state index in [4.69, 9.17) is 10.2 Å². The van der Waals surface area contributed by atoms with Gasteiger partial charge in [0.2, 0.25) is 5.91 Å². The number of aromatic nitrogens is 2. The van der Waals surface area contributed by atoms with Crippen molar-refractivity contribution >= 4 is 52.8 Å². The number of hydrogen-bond donors (Lipinski definition) is 3. The molecule has 11 nitrogen and oxygen atoms in total. The van der Waals surface area contributed by atoms with Crippen molar-refractivity contribution in [3.05, 3.63) is 53.4 Å². The largest absolute Gasteiger partial charge is 0.478 e. The Morgan fingerprint density at radius 2 is 1.57 bits per heavy atom. The van der Waals surface area contributed by atoms with Crippen LogP contribution >= 0.6 is 0 Å². The van der Waals surface area contributed by atoms with E-state index in [0.717, 1.165) is 12.2 Å². The van der Waals surface area contributed by atoms with Gasteiger partial charge in [-0.05, 0) is 25.0 Å². The topological polar surface area (TPSA) is 159 Å². The van der Waals surface area contributed by atoms with Gasteiger partial charge < -0.3 is 20.1 Å². The molecule has 0 atom stereocenters. The normalized spacial score (nSPS) is 13.5. The number of nitrogens with one attached hydrogen (secondary N) is 1. The zero-order valence-electron chi connectivity index (χ0n) is 20.3. The van der Waals surface area contributed by atoms with Crippen LogP contribution in [-0.2, 0) is 37.4 Å². The molecule has 3 amide bonds. The number of benzene rings is 1. The minimum atomic E-state index is -1.10. The summed E-state index contributed by atoms with van der Waals surface area (Å²) in [6.45, 7) is 0.672. The molecule has 1 aliphatic heterocycles. The van der Waals surface area contributed by atoms with Gasteiger partial charge in [0, 0.05) is 68.4 Å². The molecule has 0 aliphatic carbocycles. The average molecular weight is 509 g/mol. The summed E-state index contributed by atoms with van der Waals surface area (Å²) in [7, 11) is 1.78. The zero-order valence-corrected chi connectivity index (χ0v) is 20.3. The molecular formula is C26H28N4O7. The van der Waals surface area contributed by atoms with Crippen LogP contribution in [0.2, 0.25) is 0 Å². The number of hydrogen-bond acceptors (Lipinski definition) is 6. The Bertz CT molecular complexity index is 1300. The van der Waals surface area contributed by atoms with Crippen LogP contribution in [0, 0.1) is 0 Å². The maximum Gasteiger partial charge on any atom is 0.328 e. The maximum absolute atomic E-state index is 12.2. The summed E-state index contributed by atoms with van der Waals surface area (Å²) in [5.74, 6) is -2.28. The molecular weight excluding hydrogens is 480 g/mol. The number of imidazole rings is 1. The van der Waals surface area contributed by atoms with Gasteiger partial charge in [-0.1, -0.05) is 18.6 Å². The highest BCUT2D eigenvalue weighted by Gasteiger charge is 2.22. The molecule has 1 aliphatic rings. The van der Waals surface area contributed by atoms with Gasteiger partial charge in [0.15, 0.2) is 0 Å². The highest BCUT2D eigenvalue weighted by Crippen LogP contribution is 2.26. The molecule has 0 bridgehead atoms. The van der Waals surface area contributed by atoms with Crippen molar-refractivity contribution < 1.29 is 34.2 Å². The first-order chi connectivity index (χ1) is 17.7.